The average molecular weight is 422 g/mol. The summed E-state index contributed by atoms with van der Waals surface area (Å²) in [5.41, 5.74) is 0.0365. The van der Waals surface area contributed by atoms with E-state index in [1.807, 2.05) is 7.05 Å². The number of nitrogens with one attached hydrogen (secondary N) is 1. The van der Waals surface area contributed by atoms with Gasteiger partial charge in [-0.2, -0.15) is 0 Å². The number of likely N-dealkylation sites (N-methyl/N-ethyl adjacent to an activating group) is 1. The van der Waals surface area contributed by atoms with Gasteiger partial charge in [-0.1, -0.05) is 0 Å². The molecule has 1 atom stereocenters. The lowest BCUT2D eigenvalue weighted by molar-refractivity contribution is -0.384. The molecule has 156 valence electrons. The maximum Gasteiger partial charge on any atom is 0.270 e. The fourth-order valence-electron chi connectivity index (χ4n) is 3.23. The van der Waals surface area contributed by atoms with Crippen LogP contribution in [0.3, 0.4) is 0 Å². The van der Waals surface area contributed by atoms with Gasteiger partial charge in [-0.25, -0.2) is 0 Å². The first-order valence-electron chi connectivity index (χ1n) is 9.08. The standard InChI is InChI=1S/C20H23N3O5.ClH/c1-21-14-4-3-11-22(13-14)20(24)18-12-15(23(25)26)5-10-19(18)28-17-8-6-16(27-2)7-9-17;/h5-10,12,14,21H,3-4,11,13H2,1-2H3;1H. The van der Waals surface area contributed by atoms with E-state index in [1.54, 1.807) is 36.3 Å². The van der Waals surface area contributed by atoms with Crippen LogP contribution in [-0.2, 0) is 0 Å². The number of nitro groups is 1. The Labute approximate surface area is 175 Å². The van der Waals surface area contributed by atoms with Crippen LogP contribution in [0.2, 0.25) is 0 Å². The van der Waals surface area contributed by atoms with E-state index in [-0.39, 0.29) is 41.4 Å². The SMILES string of the molecule is CNC1CCCN(C(=O)c2cc([N+](=O)[O-])ccc2Oc2ccc(OC)cc2)C1.Cl. The van der Waals surface area contributed by atoms with Crippen molar-refractivity contribution in [1.29, 1.82) is 0 Å². The molecule has 1 saturated heterocycles. The predicted molar refractivity (Wildman–Crippen MR) is 111 cm³/mol. The average Bonchev–Trinajstić information content (AvgIpc) is 2.74. The highest BCUT2D eigenvalue weighted by molar-refractivity contribution is 5.97. The molecule has 3 rings (SSSR count). The topological polar surface area (TPSA) is 93.9 Å². The lowest BCUT2D eigenvalue weighted by Crippen LogP contribution is -2.47. The summed E-state index contributed by atoms with van der Waals surface area (Å²) >= 11 is 0. The fraction of sp³-hybridized carbons (Fsp3) is 0.350. The largest absolute Gasteiger partial charge is 0.497 e. The Balaban J connectivity index is 0.00000300. The fourth-order valence-corrected chi connectivity index (χ4v) is 3.23. The zero-order valence-corrected chi connectivity index (χ0v) is 17.1. The van der Waals surface area contributed by atoms with Crippen molar-refractivity contribution in [2.24, 2.45) is 0 Å². The first kappa shape index (κ1) is 22.4. The van der Waals surface area contributed by atoms with E-state index in [0.717, 1.165) is 12.8 Å². The molecule has 29 heavy (non-hydrogen) atoms. The number of nitrogens with zero attached hydrogens (tertiary/aromatic N) is 2. The molecule has 0 aliphatic carbocycles. The predicted octanol–water partition coefficient (Wildman–Crippen LogP) is 3.64. The van der Waals surface area contributed by atoms with E-state index in [9.17, 15) is 14.9 Å². The second-order valence-electron chi connectivity index (χ2n) is 6.59. The van der Waals surface area contributed by atoms with Gasteiger partial charge in [-0.05, 0) is 50.2 Å². The number of amides is 1. The van der Waals surface area contributed by atoms with Crippen LogP contribution in [0.5, 0.6) is 17.2 Å². The Bertz CT molecular complexity index is 860. The molecule has 1 N–H and O–H groups in total. The number of rotatable bonds is 6. The Hall–Kier alpha value is -2.84. The van der Waals surface area contributed by atoms with Gasteiger partial charge in [0.1, 0.15) is 17.2 Å². The summed E-state index contributed by atoms with van der Waals surface area (Å²) in [4.78, 5) is 25.5. The van der Waals surface area contributed by atoms with Crippen LogP contribution in [-0.4, -0.2) is 49.0 Å². The number of halogens is 1. The van der Waals surface area contributed by atoms with Gasteiger partial charge in [-0.15, -0.1) is 12.4 Å². The molecule has 2 aromatic carbocycles. The number of nitro benzene ring substituents is 1. The number of likely N-dealkylation sites (tertiary alicyclic amines) is 1. The van der Waals surface area contributed by atoms with Crippen LogP contribution in [0.4, 0.5) is 5.69 Å². The van der Waals surface area contributed by atoms with Crippen molar-refractivity contribution >= 4 is 24.0 Å². The van der Waals surface area contributed by atoms with Gasteiger partial charge in [0.2, 0.25) is 0 Å². The normalized spacial score (nSPS) is 15.9. The summed E-state index contributed by atoms with van der Waals surface area (Å²) in [5, 5.41) is 14.4. The van der Waals surface area contributed by atoms with Crippen LogP contribution in [0, 0.1) is 10.1 Å². The highest BCUT2D eigenvalue weighted by atomic mass is 35.5. The molecule has 0 saturated carbocycles. The summed E-state index contributed by atoms with van der Waals surface area (Å²) in [6, 6.07) is 11.2. The first-order chi connectivity index (χ1) is 13.5. The maximum absolute atomic E-state index is 13.1. The minimum absolute atomic E-state index is 0. The van der Waals surface area contributed by atoms with Crippen molar-refractivity contribution in [2.75, 3.05) is 27.2 Å². The third-order valence-corrected chi connectivity index (χ3v) is 4.81. The molecule has 1 aliphatic heterocycles. The van der Waals surface area contributed by atoms with Gasteiger partial charge in [0, 0.05) is 31.3 Å². The van der Waals surface area contributed by atoms with Crippen LogP contribution >= 0.6 is 12.4 Å². The van der Waals surface area contributed by atoms with Crippen LogP contribution in [0.1, 0.15) is 23.2 Å². The molecule has 0 radical (unpaired) electrons. The zero-order valence-electron chi connectivity index (χ0n) is 16.3. The van der Waals surface area contributed by atoms with E-state index < -0.39 is 4.92 Å². The zero-order chi connectivity index (χ0) is 20.1. The van der Waals surface area contributed by atoms with Gasteiger partial charge in [-0.3, -0.25) is 14.9 Å². The molecular formula is C20H24ClN3O5. The molecule has 8 nitrogen and oxygen atoms in total. The number of piperidine rings is 1. The van der Waals surface area contributed by atoms with Crippen LogP contribution < -0.4 is 14.8 Å². The summed E-state index contributed by atoms with van der Waals surface area (Å²) in [6.45, 7) is 1.17. The maximum atomic E-state index is 13.1. The minimum Gasteiger partial charge on any atom is -0.497 e. The van der Waals surface area contributed by atoms with E-state index in [1.165, 1.54) is 18.2 Å². The number of methoxy groups -OCH3 is 1. The third-order valence-electron chi connectivity index (χ3n) is 4.81. The molecule has 9 heteroatoms. The first-order valence-corrected chi connectivity index (χ1v) is 9.08. The molecule has 1 aliphatic rings. The highest BCUT2D eigenvalue weighted by Crippen LogP contribution is 2.31. The number of carbonyl (C=O) groups excluding carboxylic acids is 1. The van der Waals surface area contributed by atoms with Gasteiger partial charge < -0.3 is 19.7 Å². The van der Waals surface area contributed by atoms with E-state index in [4.69, 9.17) is 9.47 Å². The summed E-state index contributed by atoms with van der Waals surface area (Å²) < 4.78 is 11.0. The number of benzene rings is 2. The summed E-state index contributed by atoms with van der Waals surface area (Å²) in [6.07, 6.45) is 1.87. The Morgan fingerprint density at radius 1 is 1.21 bits per heavy atom. The second kappa shape index (κ2) is 10.1. The van der Waals surface area contributed by atoms with Crippen LogP contribution in [0.25, 0.3) is 0 Å². The van der Waals surface area contributed by atoms with Crippen molar-refractivity contribution in [1.82, 2.24) is 10.2 Å². The molecule has 1 fully saturated rings. The number of ether oxygens (including phenoxy) is 2. The lowest BCUT2D eigenvalue weighted by Gasteiger charge is -2.32. The highest BCUT2D eigenvalue weighted by Gasteiger charge is 2.27. The van der Waals surface area contributed by atoms with Gasteiger partial charge >= 0.3 is 0 Å². The molecule has 0 aromatic heterocycles. The minimum atomic E-state index is -0.513. The Morgan fingerprint density at radius 2 is 1.90 bits per heavy atom. The Morgan fingerprint density at radius 3 is 2.52 bits per heavy atom. The van der Waals surface area contributed by atoms with Crippen molar-refractivity contribution in [3.63, 3.8) is 0 Å². The molecule has 1 amide bonds. The van der Waals surface area contributed by atoms with E-state index in [0.29, 0.717) is 24.6 Å². The van der Waals surface area contributed by atoms with E-state index >= 15 is 0 Å². The number of carbonyl (C=O) groups is 1. The lowest BCUT2D eigenvalue weighted by atomic mass is 10.0. The van der Waals surface area contributed by atoms with Gasteiger partial charge in [0.15, 0.2) is 0 Å². The smallest absolute Gasteiger partial charge is 0.270 e. The Kier molecular flexibility index (Phi) is 7.81. The van der Waals surface area contributed by atoms with Crippen molar-refractivity contribution in [3.05, 3.63) is 58.1 Å². The monoisotopic (exact) mass is 421 g/mol. The summed E-state index contributed by atoms with van der Waals surface area (Å²) in [5.74, 6) is 1.20. The van der Waals surface area contributed by atoms with Gasteiger partial charge in [0.05, 0.1) is 17.6 Å². The number of non-ortho nitro benzene ring substituents is 1. The van der Waals surface area contributed by atoms with E-state index in [2.05, 4.69) is 5.32 Å². The molecule has 0 spiro atoms. The second-order valence-corrected chi connectivity index (χ2v) is 6.59. The third kappa shape index (κ3) is 5.36. The van der Waals surface area contributed by atoms with Gasteiger partial charge in [0.25, 0.3) is 11.6 Å². The van der Waals surface area contributed by atoms with Crippen molar-refractivity contribution in [2.45, 2.75) is 18.9 Å². The van der Waals surface area contributed by atoms with Crippen molar-refractivity contribution < 1.29 is 19.2 Å². The van der Waals surface area contributed by atoms with Crippen LogP contribution in [0.15, 0.2) is 42.5 Å². The van der Waals surface area contributed by atoms with Crippen molar-refractivity contribution in [3.8, 4) is 17.2 Å². The molecular weight excluding hydrogens is 398 g/mol. The molecule has 1 heterocycles. The molecule has 2 aromatic rings. The summed E-state index contributed by atoms with van der Waals surface area (Å²) in [7, 11) is 3.43. The molecule has 0 bridgehead atoms. The number of hydrogen-bond donors (Lipinski definition) is 1. The number of hydrogen-bond acceptors (Lipinski definition) is 6. The molecule has 1 unspecified atom stereocenters. The quantitative estimate of drug-likeness (QED) is 0.565.